The van der Waals surface area contributed by atoms with Gasteiger partial charge in [0.2, 0.25) is 0 Å². The second-order valence-corrected chi connectivity index (χ2v) is 7.94. The van der Waals surface area contributed by atoms with Crippen molar-refractivity contribution in [2.75, 3.05) is 26.7 Å². The van der Waals surface area contributed by atoms with Gasteiger partial charge in [-0.05, 0) is 38.1 Å². The van der Waals surface area contributed by atoms with E-state index in [-0.39, 0.29) is 18.1 Å². The van der Waals surface area contributed by atoms with E-state index in [0.29, 0.717) is 24.6 Å². The number of amides is 1. The molecule has 0 bridgehead atoms. The quantitative estimate of drug-likeness (QED) is 0.726. The first-order chi connectivity index (χ1) is 15.7. The first-order valence-corrected chi connectivity index (χ1v) is 10.4. The van der Waals surface area contributed by atoms with E-state index in [4.69, 9.17) is 19.1 Å². The van der Waals surface area contributed by atoms with Crippen molar-refractivity contribution in [3.63, 3.8) is 0 Å². The van der Waals surface area contributed by atoms with Gasteiger partial charge in [-0.15, -0.1) is 0 Å². The molecule has 0 spiro atoms. The van der Waals surface area contributed by atoms with Gasteiger partial charge in [0.15, 0.2) is 0 Å². The number of rotatable bonds is 4. The van der Waals surface area contributed by atoms with Gasteiger partial charge >= 0.3 is 12.1 Å². The largest absolute Gasteiger partial charge is 0.490 e. The number of hydrogen-bond donors (Lipinski definition) is 1. The van der Waals surface area contributed by atoms with Crippen LogP contribution in [0.3, 0.4) is 0 Å². The molecule has 4 heterocycles. The molecule has 3 atom stereocenters. The van der Waals surface area contributed by atoms with E-state index in [2.05, 4.69) is 22.1 Å². The second-order valence-electron chi connectivity index (χ2n) is 7.94. The molecular formula is C21H25F3N4O5. The molecule has 2 aromatic rings. The van der Waals surface area contributed by atoms with Crippen molar-refractivity contribution in [3.8, 4) is 0 Å². The second kappa shape index (κ2) is 10.8. The van der Waals surface area contributed by atoms with Crippen LogP contribution in [-0.2, 0) is 16.1 Å². The number of ether oxygens (including phenoxy) is 1. The van der Waals surface area contributed by atoms with E-state index in [9.17, 15) is 18.0 Å². The maximum absolute atomic E-state index is 12.9. The molecule has 2 saturated heterocycles. The molecule has 2 aliphatic rings. The number of fused-ring (bicyclic) bond motifs is 1. The molecule has 12 heteroatoms. The molecule has 2 fully saturated rings. The van der Waals surface area contributed by atoms with Crippen LogP contribution in [0.25, 0.3) is 0 Å². The molecule has 1 amide bonds. The number of likely N-dealkylation sites (tertiary alicyclic amines) is 1. The standard InChI is InChI=1S/C19H24N4O3.C2HF3O2/c1-22(12-16-5-3-8-25-16)17-13-23(11-15-4-2-9-26-18(15)17)19(24)14-6-7-20-21-10-14;3-2(4,5)1(6)7/h3,5-8,10,15,17-18H,2,4,9,11-13H2,1H3;(H,6,7)/t15-,17+,18-;/m0./s1. The van der Waals surface area contributed by atoms with E-state index in [1.54, 1.807) is 18.5 Å². The molecule has 2 aliphatic heterocycles. The molecule has 0 aliphatic carbocycles. The predicted molar refractivity (Wildman–Crippen MR) is 108 cm³/mol. The molecule has 9 nitrogen and oxygen atoms in total. The summed E-state index contributed by atoms with van der Waals surface area (Å²) < 4.78 is 43.4. The van der Waals surface area contributed by atoms with Gasteiger partial charge < -0.3 is 19.2 Å². The number of carbonyl (C=O) groups excluding carboxylic acids is 1. The van der Waals surface area contributed by atoms with Crippen LogP contribution in [0.5, 0.6) is 0 Å². The van der Waals surface area contributed by atoms with Crippen LogP contribution in [0.15, 0.2) is 41.3 Å². The highest BCUT2D eigenvalue weighted by Gasteiger charge is 2.42. The molecule has 1 N–H and O–H groups in total. The number of aliphatic carboxylic acids is 1. The van der Waals surface area contributed by atoms with Crippen LogP contribution >= 0.6 is 0 Å². The number of nitrogens with zero attached hydrogens (tertiary/aromatic N) is 4. The lowest BCUT2D eigenvalue weighted by molar-refractivity contribution is -0.192. The number of hydrogen-bond acceptors (Lipinski definition) is 7. The molecule has 4 rings (SSSR count). The summed E-state index contributed by atoms with van der Waals surface area (Å²) in [4.78, 5) is 26.0. The van der Waals surface area contributed by atoms with Crippen molar-refractivity contribution in [1.29, 1.82) is 0 Å². The molecule has 33 heavy (non-hydrogen) atoms. The van der Waals surface area contributed by atoms with Gasteiger partial charge in [0.05, 0.1) is 42.9 Å². The van der Waals surface area contributed by atoms with Crippen molar-refractivity contribution >= 4 is 11.9 Å². The van der Waals surface area contributed by atoms with Gasteiger partial charge in [0.1, 0.15) is 5.76 Å². The third-order valence-electron chi connectivity index (χ3n) is 5.65. The highest BCUT2D eigenvalue weighted by molar-refractivity contribution is 5.93. The zero-order chi connectivity index (χ0) is 24.0. The van der Waals surface area contributed by atoms with E-state index >= 15 is 0 Å². The van der Waals surface area contributed by atoms with Gasteiger partial charge in [-0.1, -0.05) is 0 Å². The molecule has 0 unspecified atom stereocenters. The molecule has 0 radical (unpaired) electrons. The fourth-order valence-electron chi connectivity index (χ4n) is 4.09. The van der Waals surface area contributed by atoms with E-state index in [1.165, 1.54) is 6.20 Å². The molecule has 2 aromatic heterocycles. The van der Waals surface area contributed by atoms with E-state index in [1.807, 2.05) is 17.0 Å². The summed E-state index contributed by atoms with van der Waals surface area (Å²) in [6, 6.07) is 5.73. The van der Waals surface area contributed by atoms with Gasteiger partial charge in [0.25, 0.3) is 5.91 Å². The smallest absolute Gasteiger partial charge is 0.475 e. The SMILES string of the molecule is CN(Cc1ccco1)[C@@H]1CN(C(=O)c2ccnnc2)C[C@@H]2CCCO[C@@H]21.O=C(O)C(F)(F)F. The number of likely N-dealkylation sites (N-methyl/N-ethyl adjacent to an activating group) is 1. The van der Waals surface area contributed by atoms with E-state index in [0.717, 1.165) is 31.8 Å². The van der Waals surface area contributed by atoms with Crippen molar-refractivity contribution < 1.29 is 37.0 Å². The maximum atomic E-state index is 12.9. The predicted octanol–water partition coefficient (Wildman–Crippen LogP) is 2.45. The summed E-state index contributed by atoms with van der Waals surface area (Å²) in [5.41, 5.74) is 0.586. The Morgan fingerprint density at radius 3 is 2.64 bits per heavy atom. The zero-order valence-corrected chi connectivity index (χ0v) is 17.9. The third kappa shape index (κ3) is 6.51. The number of aromatic nitrogens is 2. The van der Waals surface area contributed by atoms with Gasteiger partial charge in [-0.3, -0.25) is 9.69 Å². The summed E-state index contributed by atoms with van der Waals surface area (Å²) in [5, 5.41) is 14.7. The first kappa shape index (κ1) is 24.6. The first-order valence-electron chi connectivity index (χ1n) is 10.4. The van der Waals surface area contributed by atoms with Crippen molar-refractivity contribution in [2.45, 2.75) is 37.7 Å². The minimum Gasteiger partial charge on any atom is -0.475 e. The fraction of sp³-hybridized carbons (Fsp3) is 0.524. The third-order valence-corrected chi connectivity index (χ3v) is 5.65. The lowest BCUT2D eigenvalue weighted by Gasteiger charge is -2.48. The topological polar surface area (TPSA) is 109 Å². The normalized spacial score (nSPS) is 22.8. The maximum Gasteiger partial charge on any atom is 0.490 e. The number of carbonyl (C=O) groups is 2. The Morgan fingerprint density at radius 2 is 2.03 bits per heavy atom. The van der Waals surface area contributed by atoms with Gasteiger partial charge in [0, 0.05) is 25.6 Å². The van der Waals surface area contributed by atoms with Crippen LogP contribution < -0.4 is 0 Å². The summed E-state index contributed by atoms with van der Waals surface area (Å²) in [6.07, 6.45) is 2.00. The average Bonchev–Trinajstić information content (AvgIpc) is 3.31. The van der Waals surface area contributed by atoms with Crippen LogP contribution in [-0.4, -0.2) is 82.0 Å². The lowest BCUT2D eigenvalue weighted by Crippen LogP contribution is -2.61. The Morgan fingerprint density at radius 1 is 1.27 bits per heavy atom. The summed E-state index contributed by atoms with van der Waals surface area (Å²) in [7, 11) is 2.07. The Kier molecular flexibility index (Phi) is 8.03. The van der Waals surface area contributed by atoms with Crippen molar-refractivity contribution in [2.24, 2.45) is 5.92 Å². The minimum absolute atomic E-state index is 0.0142. The number of furan rings is 1. The summed E-state index contributed by atoms with van der Waals surface area (Å²) >= 11 is 0. The molecule has 0 aromatic carbocycles. The van der Waals surface area contributed by atoms with Crippen molar-refractivity contribution in [1.82, 2.24) is 20.0 Å². The fourth-order valence-corrected chi connectivity index (χ4v) is 4.09. The monoisotopic (exact) mass is 470 g/mol. The lowest BCUT2D eigenvalue weighted by atomic mass is 9.84. The average molecular weight is 470 g/mol. The minimum atomic E-state index is -5.08. The Balaban J connectivity index is 0.000000383. The van der Waals surface area contributed by atoms with E-state index < -0.39 is 12.1 Å². The molecular weight excluding hydrogens is 445 g/mol. The summed E-state index contributed by atoms with van der Waals surface area (Å²) in [6.45, 7) is 2.87. The Labute approximate surface area is 188 Å². The number of carboxylic acids is 1. The van der Waals surface area contributed by atoms with Crippen LogP contribution in [0.1, 0.15) is 29.0 Å². The Bertz CT molecular complexity index is 910. The highest BCUT2D eigenvalue weighted by Crippen LogP contribution is 2.32. The van der Waals surface area contributed by atoms with Gasteiger partial charge in [-0.25, -0.2) is 4.79 Å². The van der Waals surface area contributed by atoms with Crippen molar-refractivity contribution in [3.05, 3.63) is 48.2 Å². The Hall–Kier alpha value is -2.99. The summed E-state index contributed by atoms with van der Waals surface area (Å²) in [5.74, 6) is -1.46. The zero-order valence-electron chi connectivity index (χ0n) is 17.9. The van der Waals surface area contributed by atoms with Crippen LogP contribution in [0, 0.1) is 5.92 Å². The number of halogens is 3. The molecule has 180 valence electrons. The number of alkyl halides is 3. The number of carboxylic acid groups (broad SMARTS) is 1. The molecule has 0 saturated carbocycles. The van der Waals surface area contributed by atoms with Crippen LogP contribution in [0.4, 0.5) is 13.2 Å². The number of piperidine rings is 1. The highest BCUT2D eigenvalue weighted by atomic mass is 19.4. The van der Waals surface area contributed by atoms with Crippen LogP contribution in [0.2, 0.25) is 0 Å². The van der Waals surface area contributed by atoms with Gasteiger partial charge in [-0.2, -0.15) is 23.4 Å².